The number of nitrogens with zero attached hydrogens (tertiary/aromatic N) is 2. The maximum Gasteiger partial charge on any atom is 0.261 e. The Morgan fingerprint density at radius 1 is 1.11 bits per heavy atom. The topological polar surface area (TPSA) is 93.7 Å². The Bertz CT molecular complexity index is 938. The Balaban J connectivity index is 0.000000403. The lowest BCUT2D eigenvalue weighted by molar-refractivity contribution is -0.113. The first-order valence-corrected chi connectivity index (χ1v) is 11.1. The summed E-state index contributed by atoms with van der Waals surface area (Å²) in [4.78, 5) is 20.4. The molecule has 0 saturated carbocycles. The smallest absolute Gasteiger partial charge is 0.261 e. The fourth-order valence-corrected chi connectivity index (χ4v) is 3.48. The molecule has 0 unspecified atom stereocenters. The second-order valence-electron chi connectivity index (χ2n) is 6.99. The second-order valence-corrected chi connectivity index (χ2v) is 8.45. The molecule has 3 heterocycles. The summed E-state index contributed by atoms with van der Waals surface area (Å²) in [6.07, 6.45) is 8.32. The summed E-state index contributed by atoms with van der Waals surface area (Å²) >= 11 is 0. The fourth-order valence-electron chi connectivity index (χ4n) is 3.48. The highest BCUT2D eigenvalue weighted by Gasteiger charge is 2.33. The van der Waals surface area contributed by atoms with Crippen LogP contribution in [-0.2, 0) is 14.9 Å². The highest BCUT2D eigenvalue weighted by atomic mass is 32.2. The number of H-pyrrole nitrogens is 1. The third kappa shape index (κ3) is 5.31. The Morgan fingerprint density at radius 3 is 2.43 bits per heavy atom. The van der Waals surface area contributed by atoms with Crippen LogP contribution in [0.5, 0.6) is 0 Å². The number of rotatable bonds is 3. The number of carbonyl (C=O) groups excluding carboxylic acids is 1. The number of likely N-dealkylation sites (tertiary alicyclic amines) is 1. The van der Waals surface area contributed by atoms with Gasteiger partial charge < -0.3 is 4.98 Å². The zero-order valence-corrected chi connectivity index (χ0v) is 16.7. The molecule has 2 aromatic rings. The lowest BCUT2D eigenvalue weighted by Gasteiger charge is -2.30. The molecule has 0 bridgehead atoms. The first-order chi connectivity index (χ1) is 13.3. The van der Waals surface area contributed by atoms with Crippen LogP contribution in [0.1, 0.15) is 30.5 Å². The molecule has 1 fully saturated rings. The van der Waals surface area contributed by atoms with Crippen LogP contribution in [0, 0.1) is 0 Å². The van der Waals surface area contributed by atoms with Gasteiger partial charge in [0.1, 0.15) is 0 Å². The number of nitrogens with one attached hydrogen (secondary N) is 1. The van der Waals surface area contributed by atoms with Crippen LogP contribution in [0.3, 0.4) is 0 Å². The quantitative estimate of drug-likeness (QED) is 0.607. The molecule has 2 aliphatic rings. The van der Waals surface area contributed by atoms with Gasteiger partial charge in [-0.05, 0) is 50.2 Å². The summed E-state index contributed by atoms with van der Waals surface area (Å²) in [5.41, 5.74) is 3.80. The van der Waals surface area contributed by atoms with E-state index >= 15 is 0 Å². The molecule has 28 heavy (non-hydrogen) atoms. The summed E-state index contributed by atoms with van der Waals surface area (Å²) in [7, 11) is -3.67. The largest absolute Gasteiger partial charge is 0.362 e. The number of hydrogen-bond donors (Lipinski definition) is 2. The summed E-state index contributed by atoms with van der Waals surface area (Å²) < 4.78 is 25.9. The van der Waals surface area contributed by atoms with Gasteiger partial charge in [-0.1, -0.05) is 24.6 Å². The third-order valence-electron chi connectivity index (χ3n) is 4.67. The number of piperidine rings is 1. The van der Waals surface area contributed by atoms with Crippen molar-refractivity contribution in [1.82, 2.24) is 9.88 Å². The van der Waals surface area contributed by atoms with E-state index in [0.717, 1.165) is 35.6 Å². The van der Waals surface area contributed by atoms with Crippen LogP contribution in [0.25, 0.3) is 11.6 Å². The van der Waals surface area contributed by atoms with Crippen molar-refractivity contribution in [3.8, 4) is 0 Å². The minimum absolute atomic E-state index is 0.103. The van der Waals surface area contributed by atoms with Gasteiger partial charge in [-0.25, -0.2) is 0 Å². The predicted octanol–water partition coefficient (Wildman–Crippen LogP) is 2.85. The molecule has 1 aromatic carbocycles. The molecule has 1 aromatic heterocycles. The monoisotopic (exact) mass is 403 g/mol. The van der Waals surface area contributed by atoms with Crippen molar-refractivity contribution in [3.05, 3.63) is 53.9 Å². The van der Waals surface area contributed by atoms with E-state index in [0.29, 0.717) is 12.9 Å². The zero-order chi connectivity index (χ0) is 20.1. The van der Waals surface area contributed by atoms with Gasteiger partial charge in [0.15, 0.2) is 0 Å². The van der Waals surface area contributed by atoms with Crippen molar-refractivity contribution in [2.24, 2.45) is 0 Å². The molecule has 2 N–H and O–H groups in total. The predicted molar refractivity (Wildman–Crippen MR) is 110 cm³/mol. The van der Waals surface area contributed by atoms with Gasteiger partial charge in [0.25, 0.3) is 16.0 Å². The first kappa shape index (κ1) is 20.3. The van der Waals surface area contributed by atoms with Crippen molar-refractivity contribution in [2.75, 3.05) is 30.9 Å². The molecule has 0 radical (unpaired) electrons. The van der Waals surface area contributed by atoms with Gasteiger partial charge in [-0.3, -0.25) is 19.1 Å². The summed E-state index contributed by atoms with van der Waals surface area (Å²) in [5.74, 6) is 0.103. The molecule has 0 spiro atoms. The minimum atomic E-state index is -3.67. The zero-order valence-electron chi connectivity index (χ0n) is 15.8. The minimum Gasteiger partial charge on any atom is -0.362 e. The van der Waals surface area contributed by atoms with Crippen molar-refractivity contribution in [1.29, 1.82) is 0 Å². The average molecular weight is 404 g/mol. The van der Waals surface area contributed by atoms with Crippen LogP contribution in [0.15, 0.2) is 42.6 Å². The maximum absolute atomic E-state index is 13.0. The lowest BCUT2D eigenvalue weighted by atomic mass is 10.1. The van der Waals surface area contributed by atoms with E-state index in [2.05, 4.69) is 9.88 Å². The Labute approximate surface area is 165 Å². The first-order valence-electron chi connectivity index (χ1n) is 9.24. The number of fused-ring (bicyclic) bond motifs is 1. The van der Waals surface area contributed by atoms with Crippen LogP contribution in [0.2, 0.25) is 0 Å². The average Bonchev–Trinajstić information content (AvgIpc) is 3.24. The van der Waals surface area contributed by atoms with Crippen molar-refractivity contribution < 1.29 is 17.8 Å². The molecule has 150 valence electrons. The Morgan fingerprint density at radius 2 is 1.79 bits per heavy atom. The van der Waals surface area contributed by atoms with Crippen molar-refractivity contribution in [2.45, 2.75) is 19.3 Å². The van der Waals surface area contributed by atoms with Gasteiger partial charge in [-0.15, -0.1) is 0 Å². The molecular weight excluding hydrogens is 378 g/mol. The van der Waals surface area contributed by atoms with Crippen LogP contribution in [-0.4, -0.2) is 54.8 Å². The third-order valence-corrected chi connectivity index (χ3v) is 4.67. The van der Waals surface area contributed by atoms with Crippen LogP contribution < -0.4 is 4.90 Å². The van der Waals surface area contributed by atoms with E-state index in [9.17, 15) is 13.2 Å². The number of aromatic amines is 1. The van der Waals surface area contributed by atoms with Crippen molar-refractivity contribution >= 4 is 33.4 Å². The molecule has 0 aliphatic carbocycles. The summed E-state index contributed by atoms with van der Waals surface area (Å²) in [5, 5.41) is 0. The Kier molecular flexibility index (Phi) is 6.33. The molecule has 2 aliphatic heterocycles. The van der Waals surface area contributed by atoms with Crippen LogP contribution >= 0.6 is 0 Å². The number of amides is 1. The number of carbonyl (C=O) groups is 1. The van der Waals surface area contributed by atoms with E-state index in [1.165, 1.54) is 19.3 Å². The van der Waals surface area contributed by atoms with Gasteiger partial charge in [0.05, 0.1) is 24.2 Å². The molecular formula is C20H25N3O4S. The number of aromatic nitrogens is 1. The standard InChI is InChI=1S/C19H21N3O.CH4O3S/c23-19-17(13-15-7-6-10-20-15)16-8-2-3-9-18(16)22(19)14-21-11-4-1-5-12-21;1-5(2,3)4/h2-3,6-10,13,20H,1,4-5,11-12,14H2;1H3,(H,2,3,4)/b17-13-;. The van der Waals surface area contributed by atoms with E-state index in [4.69, 9.17) is 4.55 Å². The molecule has 0 atom stereocenters. The van der Waals surface area contributed by atoms with E-state index in [1.807, 2.05) is 53.6 Å². The maximum atomic E-state index is 13.0. The van der Waals surface area contributed by atoms with E-state index < -0.39 is 10.1 Å². The summed E-state index contributed by atoms with van der Waals surface area (Å²) in [6, 6.07) is 12.0. The highest BCUT2D eigenvalue weighted by molar-refractivity contribution is 7.85. The fraction of sp³-hybridized carbons (Fsp3) is 0.350. The number of anilines is 1. The van der Waals surface area contributed by atoms with Gasteiger partial charge in [0.2, 0.25) is 0 Å². The van der Waals surface area contributed by atoms with Gasteiger partial charge in [-0.2, -0.15) is 8.42 Å². The number of benzene rings is 1. The molecule has 7 nitrogen and oxygen atoms in total. The van der Waals surface area contributed by atoms with Crippen molar-refractivity contribution in [3.63, 3.8) is 0 Å². The van der Waals surface area contributed by atoms with E-state index in [1.54, 1.807) is 0 Å². The normalized spacial score (nSPS) is 18.7. The molecule has 4 rings (SSSR count). The number of para-hydroxylation sites is 1. The lowest BCUT2D eigenvalue weighted by Crippen LogP contribution is -2.42. The van der Waals surface area contributed by atoms with Gasteiger partial charge in [0, 0.05) is 17.5 Å². The van der Waals surface area contributed by atoms with Crippen LogP contribution in [0.4, 0.5) is 5.69 Å². The van der Waals surface area contributed by atoms with E-state index in [-0.39, 0.29) is 5.91 Å². The molecule has 1 amide bonds. The molecule has 1 saturated heterocycles. The second kappa shape index (κ2) is 8.72. The van der Waals surface area contributed by atoms with Gasteiger partial charge >= 0.3 is 0 Å². The SMILES string of the molecule is CS(=O)(=O)O.O=C1/C(=C\c2ccc[nH]2)c2ccccc2N1CN1CCCCC1. The highest BCUT2D eigenvalue weighted by Crippen LogP contribution is 2.37. The summed E-state index contributed by atoms with van der Waals surface area (Å²) in [6.45, 7) is 2.86. The molecule has 8 heteroatoms. The Hall–Kier alpha value is -2.42. The number of hydrogen-bond acceptors (Lipinski definition) is 4.